The SMILES string of the molecule is N[C@H]1CCCC[C@@H]1c1ccc(C(F)(F)F)cc1. The molecule has 2 atom stereocenters. The zero-order chi connectivity index (χ0) is 12.5. The molecule has 1 aliphatic rings. The first-order valence-corrected chi connectivity index (χ1v) is 5.91. The van der Waals surface area contributed by atoms with Crippen molar-refractivity contribution in [3.8, 4) is 0 Å². The number of halogens is 3. The molecule has 0 amide bonds. The van der Waals surface area contributed by atoms with Gasteiger partial charge in [-0.05, 0) is 36.5 Å². The van der Waals surface area contributed by atoms with Gasteiger partial charge in [-0.25, -0.2) is 0 Å². The van der Waals surface area contributed by atoms with Crippen LogP contribution in [0.3, 0.4) is 0 Å². The lowest BCUT2D eigenvalue weighted by Crippen LogP contribution is -2.31. The molecule has 1 fully saturated rings. The molecule has 0 bridgehead atoms. The largest absolute Gasteiger partial charge is 0.416 e. The molecule has 1 aromatic carbocycles. The van der Waals surface area contributed by atoms with Crippen LogP contribution in [0.1, 0.15) is 42.7 Å². The van der Waals surface area contributed by atoms with Gasteiger partial charge in [0.1, 0.15) is 0 Å². The van der Waals surface area contributed by atoms with E-state index in [1.54, 1.807) is 12.1 Å². The van der Waals surface area contributed by atoms with Crippen molar-refractivity contribution in [1.82, 2.24) is 0 Å². The van der Waals surface area contributed by atoms with Gasteiger partial charge in [-0.1, -0.05) is 25.0 Å². The first-order chi connectivity index (χ1) is 7.98. The molecule has 0 aromatic heterocycles. The monoisotopic (exact) mass is 243 g/mol. The maximum atomic E-state index is 12.4. The van der Waals surface area contributed by atoms with Crippen molar-refractivity contribution in [3.63, 3.8) is 0 Å². The van der Waals surface area contributed by atoms with Gasteiger partial charge >= 0.3 is 6.18 Å². The quantitative estimate of drug-likeness (QED) is 0.799. The standard InChI is InChI=1S/C13H16F3N/c14-13(15,16)10-7-5-9(6-8-10)11-3-1-2-4-12(11)17/h5-8,11-12H,1-4,17H2/t11-,12+/m1/s1. The summed E-state index contributed by atoms with van der Waals surface area (Å²) in [6.07, 6.45) is -0.0802. The Kier molecular flexibility index (Phi) is 3.43. The summed E-state index contributed by atoms with van der Waals surface area (Å²) in [5, 5.41) is 0. The third-order valence-corrected chi connectivity index (χ3v) is 3.49. The average Bonchev–Trinajstić information content (AvgIpc) is 2.29. The number of alkyl halides is 3. The summed E-state index contributed by atoms with van der Waals surface area (Å²) in [4.78, 5) is 0. The van der Waals surface area contributed by atoms with Gasteiger partial charge in [0.2, 0.25) is 0 Å². The maximum Gasteiger partial charge on any atom is 0.416 e. The van der Waals surface area contributed by atoms with Crippen LogP contribution in [0.4, 0.5) is 13.2 Å². The fraction of sp³-hybridized carbons (Fsp3) is 0.538. The lowest BCUT2D eigenvalue weighted by atomic mass is 9.80. The van der Waals surface area contributed by atoms with E-state index in [1.807, 2.05) is 0 Å². The number of hydrogen-bond acceptors (Lipinski definition) is 1. The summed E-state index contributed by atoms with van der Waals surface area (Å²) in [5.74, 6) is 0.214. The second-order valence-corrected chi connectivity index (χ2v) is 4.67. The minimum absolute atomic E-state index is 0.0838. The van der Waals surface area contributed by atoms with Crippen LogP contribution in [-0.4, -0.2) is 6.04 Å². The Morgan fingerprint density at radius 1 is 1.00 bits per heavy atom. The van der Waals surface area contributed by atoms with Crippen LogP contribution < -0.4 is 5.73 Å². The molecule has 0 aliphatic heterocycles. The molecular weight excluding hydrogens is 227 g/mol. The predicted octanol–water partition coefficient (Wildman–Crippen LogP) is 3.69. The molecule has 2 N–H and O–H groups in total. The average molecular weight is 243 g/mol. The van der Waals surface area contributed by atoms with E-state index in [0.717, 1.165) is 43.4 Å². The van der Waals surface area contributed by atoms with E-state index >= 15 is 0 Å². The molecule has 1 saturated carbocycles. The minimum Gasteiger partial charge on any atom is -0.327 e. The van der Waals surface area contributed by atoms with Gasteiger partial charge in [0, 0.05) is 6.04 Å². The molecule has 2 rings (SSSR count). The van der Waals surface area contributed by atoms with Crippen LogP contribution in [-0.2, 0) is 6.18 Å². The summed E-state index contributed by atoms with van der Waals surface area (Å²) in [6.45, 7) is 0. The fourth-order valence-corrected chi connectivity index (χ4v) is 2.49. The summed E-state index contributed by atoms with van der Waals surface area (Å²) < 4.78 is 37.2. The number of benzene rings is 1. The highest BCUT2D eigenvalue weighted by atomic mass is 19.4. The molecule has 17 heavy (non-hydrogen) atoms. The van der Waals surface area contributed by atoms with Crippen LogP contribution >= 0.6 is 0 Å². The Labute approximate surface area is 98.8 Å². The fourth-order valence-electron chi connectivity index (χ4n) is 2.49. The van der Waals surface area contributed by atoms with Crippen molar-refractivity contribution >= 4 is 0 Å². The summed E-state index contributed by atoms with van der Waals surface area (Å²) >= 11 is 0. The van der Waals surface area contributed by atoms with Gasteiger partial charge in [0.05, 0.1) is 5.56 Å². The third kappa shape index (κ3) is 2.80. The normalized spacial score (nSPS) is 25.9. The van der Waals surface area contributed by atoms with Crippen molar-refractivity contribution in [2.24, 2.45) is 5.73 Å². The van der Waals surface area contributed by atoms with Gasteiger partial charge in [-0.3, -0.25) is 0 Å². The lowest BCUT2D eigenvalue weighted by molar-refractivity contribution is -0.137. The van der Waals surface area contributed by atoms with Gasteiger partial charge in [0.25, 0.3) is 0 Å². The smallest absolute Gasteiger partial charge is 0.327 e. The molecule has 4 heteroatoms. The van der Waals surface area contributed by atoms with Gasteiger partial charge in [0.15, 0.2) is 0 Å². The van der Waals surface area contributed by atoms with Crippen molar-refractivity contribution in [3.05, 3.63) is 35.4 Å². The van der Waals surface area contributed by atoms with Crippen LogP contribution in [0, 0.1) is 0 Å². The first-order valence-electron chi connectivity index (χ1n) is 5.91. The highest BCUT2D eigenvalue weighted by Gasteiger charge is 2.31. The van der Waals surface area contributed by atoms with Crippen molar-refractivity contribution in [2.75, 3.05) is 0 Å². The molecule has 1 aliphatic carbocycles. The topological polar surface area (TPSA) is 26.0 Å². The van der Waals surface area contributed by atoms with Crippen LogP contribution in [0.25, 0.3) is 0 Å². The molecule has 0 unspecified atom stereocenters. The zero-order valence-corrected chi connectivity index (χ0v) is 9.50. The van der Waals surface area contributed by atoms with Gasteiger partial charge < -0.3 is 5.73 Å². The van der Waals surface area contributed by atoms with E-state index in [1.165, 1.54) is 0 Å². The number of hydrogen-bond donors (Lipinski definition) is 1. The highest BCUT2D eigenvalue weighted by molar-refractivity contribution is 5.28. The van der Waals surface area contributed by atoms with E-state index < -0.39 is 11.7 Å². The Balaban J connectivity index is 2.17. The van der Waals surface area contributed by atoms with Crippen LogP contribution in [0.5, 0.6) is 0 Å². The van der Waals surface area contributed by atoms with Crippen molar-refractivity contribution < 1.29 is 13.2 Å². The molecule has 0 heterocycles. The lowest BCUT2D eigenvalue weighted by Gasteiger charge is -2.29. The minimum atomic E-state index is -4.26. The summed E-state index contributed by atoms with van der Waals surface area (Å²) in [6, 6.07) is 5.52. The predicted molar refractivity (Wildman–Crippen MR) is 60.6 cm³/mol. The Morgan fingerprint density at radius 3 is 2.12 bits per heavy atom. The Bertz CT molecular complexity index is 369. The molecule has 1 nitrogen and oxygen atoms in total. The molecular formula is C13H16F3N. The van der Waals surface area contributed by atoms with E-state index in [4.69, 9.17) is 5.73 Å². The van der Waals surface area contributed by atoms with Crippen molar-refractivity contribution in [2.45, 2.75) is 43.8 Å². The zero-order valence-electron chi connectivity index (χ0n) is 9.50. The van der Waals surface area contributed by atoms with E-state index in [2.05, 4.69) is 0 Å². The Morgan fingerprint density at radius 2 is 1.59 bits per heavy atom. The van der Waals surface area contributed by atoms with Gasteiger partial charge in [-0.2, -0.15) is 13.2 Å². The van der Waals surface area contributed by atoms with E-state index in [0.29, 0.717) is 0 Å². The number of rotatable bonds is 1. The van der Waals surface area contributed by atoms with Crippen LogP contribution in [0.2, 0.25) is 0 Å². The summed E-state index contributed by atoms with van der Waals surface area (Å²) in [7, 11) is 0. The molecule has 0 radical (unpaired) electrons. The third-order valence-electron chi connectivity index (χ3n) is 3.49. The van der Waals surface area contributed by atoms with Crippen molar-refractivity contribution in [1.29, 1.82) is 0 Å². The Hall–Kier alpha value is -1.03. The van der Waals surface area contributed by atoms with Crippen LogP contribution in [0.15, 0.2) is 24.3 Å². The first kappa shape index (κ1) is 12.4. The molecule has 1 aromatic rings. The molecule has 94 valence electrons. The van der Waals surface area contributed by atoms with E-state index in [9.17, 15) is 13.2 Å². The van der Waals surface area contributed by atoms with Gasteiger partial charge in [-0.15, -0.1) is 0 Å². The number of nitrogens with two attached hydrogens (primary N) is 1. The highest BCUT2D eigenvalue weighted by Crippen LogP contribution is 2.34. The second kappa shape index (κ2) is 4.69. The molecule has 0 saturated heterocycles. The maximum absolute atomic E-state index is 12.4. The van der Waals surface area contributed by atoms with E-state index in [-0.39, 0.29) is 12.0 Å². The summed E-state index contributed by atoms with van der Waals surface area (Å²) in [5.41, 5.74) is 6.36. The molecule has 0 spiro atoms. The second-order valence-electron chi connectivity index (χ2n) is 4.67.